The fourth-order valence-electron chi connectivity index (χ4n) is 2.24. The molecule has 2 aromatic rings. The lowest BCUT2D eigenvalue weighted by Gasteiger charge is -2.16. The third-order valence-corrected chi connectivity index (χ3v) is 5.58. The van der Waals surface area contributed by atoms with Crippen LogP contribution in [0.3, 0.4) is 0 Å². The van der Waals surface area contributed by atoms with E-state index in [0.29, 0.717) is 5.69 Å². The molecule has 0 aliphatic carbocycles. The topological polar surface area (TPSA) is 101 Å². The minimum absolute atomic E-state index is 0.0142. The maximum Gasteiger partial charge on any atom is 0.246 e. The van der Waals surface area contributed by atoms with E-state index >= 15 is 0 Å². The molecule has 0 fully saturated rings. The number of furan rings is 1. The first-order valence-electron chi connectivity index (χ1n) is 7.93. The predicted octanol–water partition coefficient (Wildman–Crippen LogP) is 1.83. The summed E-state index contributed by atoms with van der Waals surface area (Å²) in [5.41, 5.74) is 0.365. The summed E-state index contributed by atoms with van der Waals surface area (Å²) in [6.07, 6.45) is 1.57. The molecule has 8 nitrogen and oxygen atoms in total. The van der Waals surface area contributed by atoms with E-state index in [9.17, 15) is 13.2 Å². The average Bonchev–Trinajstić information content (AvgIpc) is 3.14. The molecule has 1 atom stereocenters. The molecule has 0 unspecified atom stereocenters. The molecule has 0 aliphatic rings. The molecule has 1 aromatic heterocycles. The van der Waals surface area contributed by atoms with Crippen LogP contribution >= 0.6 is 0 Å². The van der Waals surface area contributed by atoms with Crippen molar-refractivity contribution >= 4 is 21.6 Å². The Bertz CT molecular complexity index is 847. The molecule has 1 heterocycles. The fourth-order valence-corrected chi connectivity index (χ4v) is 3.32. The molecule has 0 spiro atoms. The molecule has 9 heteroatoms. The van der Waals surface area contributed by atoms with Gasteiger partial charge < -0.3 is 14.5 Å². The Morgan fingerprint density at radius 3 is 2.62 bits per heavy atom. The lowest BCUT2D eigenvalue weighted by molar-refractivity contribution is -0.115. The summed E-state index contributed by atoms with van der Waals surface area (Å²) in [6.45, 7) is 1.92. The van der Waals surface area contributed by atoms with Gasteiger partial charge in [-0.15, -0.1) is 0 Å². The van der Waals surface area contributed by atoms with Crippen LogP contribution in [0.15, 0.2) is 45.9 Å². The summed E-state index contributed by atoms with van der Waals surface area (Å²) in [5, 5.41) is 5.71. The molecule has 0 saturated heterocycles. The van der Waals surface area contributed by atoms with Crippen LogP contribution in [0.25, 0.3) is 0 Å². The van der Waals surface area contributed by atoms with E-state index in [0.717, 1.165) is 10.1 Å². The zero-order chi connectivity index (χ0) is 19.3. The number of hydrogen-bond acceptors (Lipinski definition) is 6. The van der Waals surface area contributed by atoms with Crippen molar-refractivity contribution < 1.29 is 22.4 Å². The second-order valence-electron chi connectivity index (χ2n) is 5.82. The molecule has 26 heavy (non-hydrogen) atoms. The van der Waals surface area contributed by atoms with Crippen LogP contribution in [0.4, 0.5) is 5.69 Å². The number of sulfonamides is 1. The van der Waals surface area contributed by atoms with Crippen LogP contribution in [0, 0.1) is 0 Å². The molecule has 142 valence electrons. The van der Waals surface area contributed by atoms with Gasteiger partial charge in [-0.25, -0.2) is 12.7 Å². The van der Waals surface area contributed by atoms with Gasteiger partial charge >= 0.3 is 0 Å². The zero-order valence-electron chi connectivity index (χ0n) is 15.1. The van der Waals surface area contributed by atoms with Gasteiger partial charge in [-0.3, -0.25) is 10.1 Å². The monoisotopic (exact) mass is 381 g/mol. The normalized spacial score (nSPS) is 12.8. The van der Waals surface area contributed by atoms with Crippen LogP contribution in [0.1, 0.15) is 18.7 Å². The number of carbonyl (C=O) groups excluding carboxylic acids is 1. The number of nitrogens with one attached hydrogen (secondary N) is 2. The van der Waals surface area contributed by atoms with Crippen molar-refractivity contribution in [2.24, 2.45) is 0 Å². The van der Waals surface area contributed by atoms with Gasteiger partial charge in [-0.2, -0.15) is 0 Å². The molecular formula is C17H23N3O5S. The van der Waals surface area contributed by atoms with Crippen molar-refractivity contribution in [1.29, 1.82) is 0 Å². The summed E-state index contributed by atoms with van der Waals surface area (Å²) in [5.74, 6) is 0.629. The molecule has 1 amide bonds. The Balaban J connectivity index is 2.08. The second kappa shape index (κ2) is 8.35. The summed E-state index contributed by atoms with van der Waals surface area (Å²) in [6, 6.07) is 7.93. The number of methoxy groups -OCH3 is 1. The van der Waals surface area contributed by atoms with Crippen LogP contribution in [0.2, 0.25) is 0 Å². The highest BCUT2D eigenvalue weighted by Crippen LogP contribution is 2.28. The smallest absolute Gasteiger partial charge is 0.246 e. The molecule has 0 bridgehead atoms. The van der Waals surface area contributed by atoms with Crippen LogP contribution in [-0.2, 0) is 14.8 Å². The number of rotatable bonds is 8. The summed E-state index contributed by atoms with van der Waals surface area (Å²) in [7, 11) is 0.548. The quantitative estimate of drug-likeness (QED) is 0.723. The third kappa shape index (κ3) is 4.63. The van der Waals surface area contributed by atoms with Gasteiger partial charge in [0.25, 0.3) is 0 Å². The minimum atomic E-state index is -3.70. The van der Waals surface area contributed by atoms with E-state index in [4.69, 9.17) is 9.15 Å². The average molecular weight is 381 g/mol. The number of carbonyl (C=O) groups is 1. The van der Waals surface area contributed by atoms with Gasteiger partial charge in [0.1, 0.15) is 16.4 Å². The van der Waals surface area contributed by atoms with Crippen molar-refractivity contribution in [2.45, 2.75) is 17.9 Å². The van der Waals surface area contributed by atoms with E-state index in [1.54, 1.807) is 18.4 Å². The van der Waals surface area contributed by atoms with E-state index in [-0.39, 0.29) is 29.1 Å². The molecule has 1 aromatic carbocycles. The summed E-state index contributed by atoms with van der Waals surface area (Å²) < 4.78 is 36.3. The highest BCUT2D eigenvalue weighted by Gasteiger charge is 2.23. The van der Waals surface area contributed by atoms with Gasteiger partial charge in [0.05, 0.1) is 26.0 Å². The summed E-state index contributed by atoms with van der Waals surface area (Å²) in [4.78, 5) is 12.1. The molecule has 0 saturated carbocycles. The maximum absolute atomic E-state index is 12.4. The third-order valence-electron chi connectivity index (χ3n) is 3.74. The van der Waals surface area contributed by atoms with Gasteiger partial charge in [-0.05, 0) is 37.3 Å². The number of benzene rings is 1. The van der Waals surface area contributed by atoms with E-state index in [1.165, 1.54) is 33.3 Å². The van der Waals surface area contributed by atoms with Crippen molar-refractivity contribution in [2.75, 3.05) is 33.1 Å². The van der Waals surface area contributed by atoms with E-state index in [2.05, 4.69) is 10.6 Å². The lowest BCUT2D eigenvalue weighted by Crippen LogP contribution is -2.30. The Hall–Kier alpha value is -2.36. The number of nitrogens with zero attached hydrogens (tertiary/aromatic N) is 1. The highest BCUT2D eigenvalue weighted by atomic mass is 32.2. The first-order chi connectivity index (χ1) is 12.3. The lowest BCUT2D eigenvalue weighted by atomic mass is 10.2. The van der Waals surface area contributed by atoms with Crippen LogP contribution in [-0.4, -0.2) is 46.4 Å². The molecule has 0 aliphatic heterocycles. The van der Waals surface area contributed by atoms with Crippen molar-refractivity contribution in [3.05, 3.63) is 42.4 Å². The summed E-state index contributed by atoms with van der Waals surface area (Å²) >= 11 is 0. The molecule has 2 N–H and O–H groups in total. The Kier molecular flexibility index (Phi) is 6.41. The molecule has 0 radical (unpaired) electrons. The predicted molar refractivity (Wildman–Crippen MR) is 97.6 cm³/mol. The standard InChI is InChI=1S/C17H23N3O5S/c1-12(14-6-5-9-25-14)18-11-17(21)19-13-7-8-15(24-4)16(10-13)26(22,23)20(2)3/h5-10,12,18H,11H2,1-4H3,(H,19,21)/t12-/m0/s1. The largest absolute Gasteiger partial charge is 0.495 e. The minimum Gasteiger partial charge on any atom is -0.495 e. The van der Waals surface area contributed by atoms with Gasteiger partial charge in [-0.1, -0.05) is 0 Å². The SMILES string of the molecule is COc1ccc(NC(=O)CN[C@@H](C)c2ccco2)cc1S(=O)(=O)N(C)C. The van der Waals surface area contributed by atoms with Crippen molar-refractivity contribution in [3.63, 3.8) is 0 Å². The van der Waals surface area contributed by atoms with Gasteiger partial charge in [0, 0.05) is 19.8 Å². The Morgan fingerprint density at radius 1 is 1.31 bits per heavy atom. The van der Waals surface area contributed by atoms with Gasteiger partial charge in [0.2, 0.25) is 15.9 Å². The first-order valence-corrected chi connectivity index (χ1v) is 9.37. The first kappa shape index (κ1) is 20.0. The van der Waals surface area contributed by atoms with Crippen molar-refractivity contribution in [3.8, 4) is 5.75 Å². The highest BCUT2D eigenvalue weighted by molar-refractivity contribution is 7.89. The van der Waals surface area contributed by atoms with Crippen molar-refractivity contribution in [1.82, 2.24) is 9.62 Å². The van der Waals surface area contributed by atoms with Crippen LogP contribution in [0.5, 0.6) is 5.75 Å². The van der Waals surface area contributed by atoms with Crippen LogP contribution < -0.4 is 15.4 Å². The molecule has 2 rings (SSSR count). The maximum atomic E-state index is 12.4. The Morgan fingerprint density at radius 2 is 2.04 bits per heavy atom. The van der Waals surface area contributed by atoms with E-state index < -0.39 is 10.0 Å². The number of anilines is 1. The number of ether oxygens (including phenoxy) is 1. The molecular weight excluding hydrogens is 358 g/mol. The number of amides is 1. The van der Waals surface area contributed by atoms with Gasteiger partial charge in [0.15, 0.2) is 0 Å². The number of hydrogen-bond donors (Lipinski definition) is 2. The zero-order valence-corrected chi connectivity index (χ0v) is 16.0. The second-order valence-corrected chi connectivity index (χ2v) is 7.94. The Labute approximate surface area is 153 Å². The fraction of sp³-hybridized carbons (Fsp3) is 0.353. The van der Waals surface area contributed by atoms with E-state index in [1.807, 2.05) is 13.0 Å².